The Bertz CT molecular complexity index is 487. The van der Waals surface area contributed by atoms with Gasteiger partial charge in [-0.3, -0.25) is 0 Å². The van der Waals surface area contributed by atoms with Gasteiger partial charge in [-0.25, -0.2) is 4.79 Å². The lowest BCUT2D eigenvalue weighted by Crippen LogP contribution is -2.49. The maximum atomic E-state index is 11.9. The molecular weight excluding hydrogens is 272 g/mol. The van der Waals surface area contributed by atoms with Crippen LogP contribution >= 0.6 is 0 Å². The van der Waals surface area contributed by atoms with Crippen LogP contribution in [-0.2, 0) is 14.0 Å². The minimum Gasteiger partial charge on any atom is -0.464 e. The van der Waals surface area contributed by atoms with Gasteiger partial charge in [0.15, 0.2) is 5.71 Å². The lowest BCUT2D eigenvalue weighted by molar-refractivity contribution is -0.133. The first-order valence-electron chi connectivity index (χ1n) is 7.12. The molecule has 1 fully saturated rings. The molecule has 20 heavy (non-hydrogen) atoms. The van der Waals surface area contributed by atoms with Gasteiger partial charge in [-0.15, -0.1) is 5.10 Å². The van der Waals surface area contributed by atoms with Gasteiger partial charge in [0.1, 0.15) is 0 Å². The van der Waals surface area contributed by atoms with Crippen molar-refractivity contribution in [2.24, 2.45) is 16.1 Å². The van der Waals surface area contributed by atoms with Crippen molar-refractivity contribution in [1.29, 1.82) is 0 Å². The molecule has 2 aliphatic rings. The highest BCUT2D eigenvalue weighted by Crippen LogP contribution is 2.50. The van der Waals surface area contributed by atoms with Gasteiger partial charge in [0.25, 0.3) is 0 Å². The molecule has 2 aliphatic heterocycles. The van der Waals surface area contributed by atoms with E-state index in [9.17, 15) is 4.79 Å². The quantitative estimate of drug-likeness (QED) is 0.594. The number of methoxy groups -OCH3 is 1. The van der Waals surface area contributed by atoms with E-state index in [2.05, 4.69) is 37.9 Å². The molecule has 0 N–H and O–H groups in total. The lowest BCUT2D eigenvalue weighted by Gasteiger charge is -2.36. The van der Waals surface area contributed by atoms with Gasteiger partial charge in [0, 0.05) is 0 Å². The zero-order valence-electron chi connectivity index (χ0n) is 13.4. The van der Waals surface area contributed by atoms with E-state index in [1.165, 1.54) is 7.11 Å². The van der Waals surface area contributed by atoms with Gasteiger partial charge in [0.05, 0.1) is 24.0 Å². The van der Waals surface area contributed by atoms with E-state index in [0.29, 0.717) is 16.8 Å². The van der Waals surface area contributed by atoms with Gasteiger partial charge in [0.2, 0.25) is 8.32 Å². The molecule has 1 atom stereocenters. The van der Waals surface area contributed by atoms with E-state index < -0.39 is 19.9 Å². The molecule has 0 bridgehead atoms. The Morgan fingerprint density at radius 3 is 2.25 bits per heavy atom. The minimum atomic E-state index is -2.23. The van der Waals surface area contributed by atoms with Gasteiger partial charge in [-0.05, 0) is 24.9 Å². The Morgan fingerprint density at radius 1 is 1.25 bits per heavy atom. The molecule has 2 rings (SSSR count). The Hall–Kier alpha value is -1.01. The summed E-state index contributed by atoms with van der Waals surface area (Å²) in [5, 5.41) is 9.52. The molecule has 0 radical (unpaired) electrons. The molecule has 1 saturated heterocycles. The van der Waals surface area contributed by atoms with E-state index in [4.69, 9.17) is 9.16 Å². The van der Waals surface area contributed by atoms with E-state index in [0.717, 1.165) is 5.33 Å². The number of carbonyl (C=O) groups excluding carboxylic acids is 1. The Morgan fingerprint density at radius 2 is 1.80 bits per heavy atom. The predicted molar refractivity (Wildman–Crippen MR) is 81.5 cm³/mol. The Balaban J connectivity index is 2.51. The maximum absolute atomic E-state index is 11.9. The van der Waals surface area contributed by atoms with E-state index >= 15 is 0 Å². The normalized spacial score (nSPS) is 26.6. The average molecular weight is 296 g/mol. The number of nitrogens with zero attached hydrogens (tertiary/aromatic N) is 2. The molecule has 5 nitrogen and oxygen atoms in total. The lowest BCUT2D eigenvalue weighted by atomic mass is 9.88. The van der Waals surface area contributed by atoms with E-state index in [1.54, 1.807) is 0 Å². The van der Waals surface area contributed by atoms with Crippen molar-refractivity contribution in [3.8, 4) is 0 Å². The molecule has 2 heterocycles. The minimum absolute atomic E-state index is 0.161. The van der Waals surface area contributed by atoms with Crippen LogP contribution in [0.1, 0.15) is 41.5 Å². The summed E-state index contributed by atoms with van der Waals surface area (Å²) in [7, 11) is -0.849. The summed E-state index contributed by atoms with van der Waals surface area (Å²) in [5.74, 6) is -0.561. The standard InChI is InChI=1S/C14H24N2O3Si/c1-8(2)20(9(3)4)12-10(14(5,6)19-20)11(15-16-12)13(17)18-7/h8-10H,1-7H3. The topological polar surface area (TPSA) is 60.2 Å². The molecule has 112 valence electrons. The first-order valence-corrected chi connectivity index (χ1v) is 9.19. The fourth-order valence-electron chi connectivity index (χ4n) is 3.62. The fourth-order valence-corrected chi connectivity index (χ4v) is 8.84. The van der Waals surface area contributed by atoms with Crippen LogP contribution in [-0.4, -0.2) is 38.0 Å². The van der Waals surface area contributed by atoms with Crippen LogP contribution in [0.5, 0.6) is 0 Å². The molecule has 0 aromatic carbocycles. The summed E-state index contributed by atoms with van der Waals surface area (Å²) < 4.78 is 11.4. The second-order valence-electron chi connectivity index (χ2n) is 6.70. The molecular formula is C14H24N2O3Si. The number of hydrogen-bond donors (Lipinski definition) is 0. The molecule has 0 saturated carbocycles. The fraction of sp³-hybridized carbons (Fsp3) is 0.786. The maximum Gasteiger partial charge on any atom is 0.355 e. The summed E-state index contributed by atoms with van der Waals surface area (Å²) >= 11 is 0. The van der Waals surface area contributed by atoms with Gasteiger partial charge < -0.3 is 9.16 Å². The SMILES string of the molecule is COC(=O)C1=NN=C2C1C(C)(C)O[Si]2(C(C)C)C(C)C. The Labute approximate surface area is 121 Å². The summed E-state index contributed by atoms with van der Waals surface area (Å²) in [6, 6.07) is 0. The number of rotatable bonds is 3. The van der Waals surface area contributed by atoms with Gasteiger partial charge in [-0.1, -0.05) is 27.7 Å². The second kappa shape index (κ2) is 4.77. The molecule has 1 unspecified atom stereocenters. The molecule has 6 heteroatoms. The molecule has 0 aromatic rings. The van der Waals surface area contributed by atoms with Crippen molar-refractivity contribution >= 4 is 25.3 Å². The molecule has 0 spiro atoms. The highest BCUT2D eigenvalue weighted by atomic mass is 28.4. The van der Waals surface area contributed by atoms with Crippen molar-refractivity contribution in [2.75, 3.05) is 7.11 Å². The van der Waals surface area contributed by atoms with Crippen LogP contribution < -0.4 is 0 Å². The Kier molecular flexibility index (Phi) is 3.67. The van der Waals surface area contributed by atoms with Gasteiger partial charge >= 0.3 is 5.97 Å². The number of hydrogen-bond acceptors (Lipinski definition) is 5. The monoisotopic (exact) mass is 296 g/mol. The van der Waals surface area contributed by atoms with Crippen LogP contribution in [0.3, 0.4) is 0 Å². The highest BCUT2D eigenvalue weighted by Gasteiger charge is 2.65. The first kappa shape index (κ1) is 15.4. The average Bonchev–Trinajstić information content (AvgIpc) is 2.87. The third-order valence-electron chi connectivity index (χ3n) is 4.45. The van der Waals surface area contributed by atoms with E-state index in [1.807, 2.05) is 13.8 Å². The zero-order valence-corrected chi connectivity index (χ0v) is 14.4. The van der Waals surface area contributed by atoms with Crippen LogP contribution in [0.4, 0.5) is 0 Å². The third-order valence-corrected chi connectivity index (χ3v) is 9.93. The molecule has 0 aromatic heterocycles. The van der Waals surface area contributed by atoms with Crippen molar-refractivity contribution < 1.29 is 14.0 Å². The van der Waals surface area contributed by atoms with Crippen molar-refractivity contribution in [3.63, 3.8) is 0 Å². The number of fused-ring (bicyclic) bond motifs is 1. The van der Waals surface area contributed by atoms with Crippen LogP contribution in [0.15, 0.2) is 10.2 Å². The van der Waals surface area contributed by atoms with Gasteiger partial charge in [-0.2, -0.15) is 5.10 Å². The largest absolute Gasteiger partial charge is 0.464 e. The first-order chi connectivity index (χ1) is 9.18. The number of carbonyl (C=O) groups is 1. The molecule has 0 amide bonds. The van der Waals surface area contributed by atoms with Crippen LogP contribution in [0.25, 0.3) is 0 Å². The number of esters is 1. The summed E-state index contributed by atoms with van der Waals surface area (Å²) in [5.41, 5.74) is 0.710. The summed E-state index contributed by atoms with van der Waals surface area (Å²) in [6.07, 6.45) is 0. The second-order valence-corrected chi connectivity index (χ2v) is 11.3. The molecule has 0 aliphatic carbocycles. The summed E-state index contributed by atoms with van der Waals surface area (Å²) in [4.78, 5) is 11.9. The highest BCUT2D eigenvalue weighted by molar-refractivity contribution is 7.06. The van der Waals surface area contributed by atoms with E-state index in [-0.39, 0.29) is 5.92 Å². The smallest absolute Gasteiger partial charge is 0.355 e. The third kappa shape index (κ3) is 1.89. The summed E-state index contributed by atoms with van der Waals surface area (Å²) in [6.45, 7) is 12.8. The van der Waals surface area contributed by atoms with Crippen molar-refractivity contribution in [2.45, 2.75) is 58.2 Å². The van der Waals surface area contributed by atoms with Crippen molar-refractivity contribution in [1.82, 2.24) is 0 Å². The predicted octanol–water partition coefficient (Wildman–Crippen LogP) is 2.70. The van der Waals surface area contributed by atoms with Crippen LogP contribution in [0, 0.1) is 5.92 Å². The zero-order chi connectivity index (χ0) is 15.3. The number of ether oxygens (including phenoxy) is 1. The van der Waals surface area contributed by atoms with Crippen molar-refractivity contribution in [3.05, 3.63) is 0 Å². The van der Waals surface area contributed by atoms with Crippen LogP contribution in [0.2, 0.25) is 11.1 Å².